The normalized spacial score (nSPS) is 10.5. The molecular weight excluding hydrogens is 318 g/mol. The van der Waals surface area contributed by atoms with Gasteiger partial charge >= 0.3 is 0 Å². The number of para-hydroxylation sites is 1. The van der Waals surface area contributed by atoms with Crippen LogP contribution in [-0.2, 0) is 4.79 Å². The largest absolute Gasteiger partial charge is 0.325 e. The second-order valence-electron chi connectivity index (χ2n) is 5.39. The molecule has 0 aliphatic rings. The Bertz CT molecular complexity index is 862. The highest BCUT2D eigenvalue weighted by Crippen LogP contribution is 2.17. The molecule has 3 nitrogen and oxygen atoms in total. The minimum absolute atomic E-state index is 0.0401. The number of amides is 1. The molecule has 0 aliphatic heterocycles. The molecule has 3 aromatic rings. The van der Waals surface area contributed by atoms with E-state index < -0.39 is 0 Å². The number of benzene rings is 3. The van der Waals surface area contributed by atoms with Crippen molar-refractivity contribution in [3.8, 4) is 0 Å². The predicted molar refractivity (Wildman–Crippen MR) is 101 cm³/mol. The van der Waals surface area contributed by atoms with Crippen molar-refractivity contribution in [1.29, 1.82) is 0 Å². The van der Waals surface area contributed by atoms with Gasteiger partial charge in [-0.1, -0.05) is 54.6 Å². The van der Waals surface area contributed by atoms with Crippen LogP contribution < -0.4 is 5.32 Å². The minimum atomic E-state index is -0.0995. The second-order valence-corrected chi connectivity index (χ2v) is 6.38. The van der Waals surface area contributed by atoms with Crippen molar-refractivity contribution >= 4 is 39.9 Å². The van der Waals surface area contributed by atoms with Gasteiger partial charge in [0, 0.05) is 11.3 Å². The molecule has 0 saturated carbocycles. The quantitative estimate of drug-likeness (QED) is 0.679. The number of hydrogen-bond acceptors (Lipinski definition) is 3. The molecule has 1 N–H and O–H groups in total. The van der Waals surface area contributed by atoms with E-state index in [4.69, 9.17) is 0 Å². The molecule has 0 radical (unpaired) electrons. The third kappa shape index (κ3) is 4.24. The van der Waals surface area contributed by atoms with Gasteiger partial charge in [-0.15, -0.1) is 11.8 Å². The molecule has 0 unspecified atom stereocenters. The molecule has 0 atom stereocenters. The summed E-state index contributed by atoms with van der Waals surface area (Å²) in [5.74, 6) is 0.491. The van der Waals surface area contributed by atoms with Crippen LogP contribution in [0.2, 0.25) is 0 Å². The van der Waals surface area contributed by atoms with Crippen molar-refractivity contribution in [2.75, 3.05) is 16.8 Å². The number of thioether (sulfide) groups is 1. The first kappa shape index (κ1) is 16.3. The first-order chi connectivity index (χ1) is 11.7. The third-order valence-electron chi connectivity index (χ3n) is 3.60. The van der Waals surface area contributed by atoms with E-state index in [1.807, 2.05) is 72.8 Å². The van der Waals surface area contributed by atoms with Gasteiger partial charge in [-0.25, -0.2) is 0 Å². The van der Waals surface area contributed by atoms with Crippen molar-refractivity contribution in [3.05, 3.63) is 78.4 Å². The van der Waals surface area contributed by atoms with Gasteiger partial charge in [-0.05, 0) is 29.0 Å². The van der Waals surface area contributed by atoms with E-state index in [1.54, 1.807) is 0 Å². The summed E-state index contributed by atoms with van der Waals surface area (Å²) in [7, 11) is 0. The minimum Gasteiger partial charge on any atom is -0.325 e. The lowest BCUT2D eigenvalue weighted by Crippen LogP contribution is -2.15. The Hall–Kier alpha value is -2.59. The van der Waals surface area contributed by atoms with Gasteiger partial charge in [0.1, 0.15) is 0 Å². The molecule has 120 valence electrons. The fourth-order valence-electron chi connectivity index (χ4n) is 2.40. The molecule has 3 aromatic carbocycles. The number of nitrogens with one attached hydrogen (secondary N) is 1. The number of fused-ring (bicyclic) bond motifs is 1. The number of anilines is 1. The summed E-state index contributed by atoms with van der Waals surface area (Å²) in [6, 6.07) is 23.0. The van der Waals surface area contributed by atoms with Crippen molar-refractivity contribution in [3.63, 3.8) is 0 Å². The second kappa shape index (κ2) is 7.79. The summed E-state index contributed by atoms with van der Waals surface area (Å²) in [5, 5.41) is 4.97. The molecule has 24 heavy (non-hydrogen) atoms. The van der Waals surface area contributed by atoms with Crippen LogP contribution in [0.1, 0.15) is 10.4 Å². The van der Waals surface area contributed by atoms with E-state index in [-0.39, 0.29) is 17.4 Å². The lowest BCUT2D eigenvalue weighted by atomic mass is 10.1. The van der Waals surface area contributed by atoms with Crippen molar-refractivity contribution in [2.24, 2.45) is 0 Å². The fraction of sp³-hybridized carbons (Fsp3) is 0.100. The predicted octanol–water partition coefficient (Wildman–Crippen LogP) is 4.39. The molecule has 0 spiro atoms. The van der Waals surface area contributed by atoms with Gasteiger partial charge in [0.2, 0.25) is 5.91 Å². The zero-order chi connectivity index (χ0) is 16.8. The molecule has 0 saturated heterocycles. The van der Waals surface area contributed by atoms with Gasteiger partial charge in [0.05, 0.1) is 11.5 Å². The summed E-state index contributed by atoms with van der Waals surface area (Å²) in [5.41, 5.74) is 1.45. The fourth-order valence-corrected chi connectivity index (χ4v) is 3.11. The van der Waals surface area contributed by atoms with Gasteiger partial charge in [-0.2, -0.15) is 0 Å². The summed E-state index contributed by atoms with van der Waals surface area (Å²) in [4.78, 5) is 24.1. The van der Waals surface area contributed by atoms with Gasteiger partial charge in [0.15, 0.2) is 5.78 Å². The van der Waals surface area contributed by atoms with Gasteiger partial charge < -0.3 is 5.32 Å². The van der Waals surface area contributed by atoms with Crippen molar-refractivity contribution < 1.29 is 9.59 Å². The smallest absolute Gasteiger partial charge is 0.234 e. The lowest BCUT2D eigenvalue weighted by Gasteiger charge is -2.05. The average molecular weight is 335 g/mol. The highest BCUT2D eigenvalue weighted by molar-refractivity contribution is 8.00. The maximum Gasteiger partial charge on any atom is 0.234 e. The maximum atomic E-state index is 12.3. The van der Waals surface area contributed by atoms with Crippen LogP contribution in [0.3, 0.4) is 0 Å². The van der Waals surface area contributed by atoms with Crippen LogP contribution in [0.15, 0.2) is 72.8 Å². The van der Waals surface area contributed by atoms with Crippen LogP contribution in [0.25, 0.3) is 10.8 Å². The van der Waals surface area contributed by atoms with E-state index in [0.717, 1.165) is 16.5 Å². The van der Waals surface area contributed by atoms with E-state index >= 15 is 0 Å². The number of hydrogen-bond donors (Lipinski definition) is 1. The van der Waals surface area contributed by atoms with E-state index in [1.165, 1.54) is 11.8 Å². The highest BCUT2D eigenvalue weighted by atomic mass is 32.2. The number of ketones is 1. The van der Waals surface area contributed by atoms with E-state index in [2.05, 4.69) is 5.32 Å². The molecule has 0 bridgehead atoms. The summed E-state index contributed by atoms with van der Waals surface area (Å²) in [6.45, 7) is 0. The Morgan fingerprint density at radius 3 is 2.29 bits per heavy atom. The number of carbonyl (C=O) groups excluding carboxylic acids is 2. The highest BCUT2D eigenvalue weighted by Gasteiger charge is 2.09. The first-order valence-electron chi connectivity index (χ1n) is 7.67. The SMILES string of the molecule is O=C(CSCC(=O)c1ccc2ccccc2c1)Nc1ccccc1. The number of carbonyl (C=O) groups is 2. The molecule has 3 rings (SSSR count). The summed E-state index contributed by atoms with van der Waals surface area (Å²) >= 11 is 1.33. The van der Waals surface area contributed by atoms with Crippen LogP contribution in [0, 0.1) is 0 Å². The Morgan fingerprint density at radius 2 is 1.50 bits per heavy atom. The number of Topliss-reactive ketones (excluding diaryl/α,β-unsaturated/α-hetero) is 1. The molecule has 1 amide bonds. The lowest BCUT2D eigenvalue weighted by molar-refractivity contribution is -0.113. The Morgan fingerprint density at radius 1 is 0.792 bits per heavy atom. The Kier molecular flexibility index (Phi) is 5.29. The zero-order valence-electron chi connectivity index (χ0n) is 13.1. The van der Waals surface area contributed by atoms with Gasteiger partial charge in [-0.3, -0.25) is 9.59 Å². The summed E-state index contributed by atoms with van der Waals surface area (Å²) in [6.07, 6.45) is 0. The molecule has 0 aromatic heterocycles. The summed E-state index contributed by atoms with van der Waals surface area (Å²) < 4.78 is 0. The van der Waals surface area contributed by atoms with Gasteiger partial charge in [0.25, 0.3) is 0 Å². The average Bonchev–Trinajstić information content (AvgIpc) is 2.62. The molecule has 0 fully saturated rings. The van der Waals surface area contributed by atoms with Crippen molar-refractivity contribution in [1.82, 2.24) is 0 Å². The maximum absolute atomic E-state index is 12.3. The van der Waals surface area contributed by atoms with Crippen LogP contribution in [-0.4, -0.2) is 23.2 Å². The topological polar surface area (TPSA) is 46.2 Å². The molecule has 4 heteroatoms. The first-order valence-corrected chi connectivity index (χ1v) is 8.82. The Balaban J connectivity index is 1.52. The zero-order valence-corrected chi connectivity index (χ0v) is 13.9. The molecule has 0 heterocycles. The van der Waals surface area contributed by atoms with Crippen molar-refractivity contribution in [2.45, 2.75) is 0 Å². The van der Waals surface area contributed by atoms with Crippen LogP contribution in [0.4, 0.5) is 5.69 Å². The van der Waals surface area contributed by atoms with Crippen LogP contribution in [0.5, 0.6) is 0 Å². The molecule has 0 aliphatic carbocycles. The standard InChI is InChI=1S/C20H17NO2S/c22-19(17-11-10-15-6-4-5-7-16(15)12-17)13-24-14-20(23)21-18-8-2-1-3-9-18/h1-12H,13-14H2,(H,21,23). The van der Waals surface area contributed by atoms with E-state index in [0.29, 0.717) is 11.3 Å². The van der Waals surface area contributed by atoms with Crippen LogP contribution >= 0.6 is 11.8 Å². The number of rotatable bonds is 6. The molecular formula is C20H17NO2S. The Labute approximate surface area is 145 Å². The third-order valence-corrected chi connectivity index (χ3v) is 4.53. The van der Waals surface area contributed by atoms with E-state index in [9.17, 15) is 9.59 Å². The monoisotopic (exact) mass is 335 g/mol.